The maximum Gasteiger partial charge on any atom is 0.412 e. The molecule has 0 spiro atoms. The third-order valence-electron chi connectivity index (χ3n) is 2.70. The minimum absolute atomic E-state index is 0.467. The SMILES string of the molecule is COc1nccc2c1c(NC(=O)OC(C)(C)C)cn2C. The Bertz CT molecular complexity index is 641. The van der Waals surface area contributed by atoms with Crippen LogP contribution in [0.1, 0.15) is 20.8 Å². The van der Waals surface area contributed by atoms with Gasteiger partial charge in [-0.2, -0.15) is 0 Å². The Morgan fingerprint density at radius 2 is 2.10 bits per heavy atom. The molecule has 2 aromatic rings. The Kier molecular flexibility index (Phi) is 3.57. The first-order chi connectivity index (χ1) is 9.31. The number of pyridine rings is 1. The van der Waals surface area contributed by atoms with Gasteiger partial charge in [0.25, 0.3) is 0 Å². The van der Waals surface area contributed by atoms with Crippen LogP contribution in [0.3, 0.4) is 0 Å². The first kappa shape index (κ1) is 14.2. The fourth-order valence-electron chi connectivity index (χ4n) is 1.97. The number of nitrogens with one attached hydrogen (secondary N) is 1. The summed E-state index contributed by atoms with van der Waals surface area (Å²) in [6, 6.07) is 1.86. The summed E-state index contributed by atoms with van der Waals surface area (Å²) in [6.07, 6.45) is 2.97. The van der Waals surface area contributed by atoms with Crippen molar-refractivity contribution in [2.75, 3.05) is 12.4 Å². The lowest BCUT2D eigenvalue weighted by molar-refractivity contribution is 0.0636. The van der Waals surface area contributed by atoms with E-state index in [4.69, 9.17) is 9.47 Å². The molecule has 20 heavy (non-hydrogen) atoms. The molecule has 0 unspecified atom stereocenters. The molecule has 6 nitrogen and oxygen atoms in total. The number of rotatable bonds is 2. The molecule has 1 N–H and O–H groups in total. The van der Waals surface area contributed by atoms with Crippen LogP contribution in [0, 0.1) is 0 Å². The van der Waals surface area contributed by atoms with Gasteiger partial charge in [0.15, 0.2) is 0 Å². The molecular formula is C14H19N3O3. The molecule has 0 aliphatic carbocycles. The van der Waals surface area contributed by atoms with Crippen molar-refractivity contribution in [1.29, 1.82) is 0 Å². The molecule has 6 heteroatoms. The van der Waals surface area contributed by atoms with Crippen LogP contribution >= 0.6 is 0 Å². The molecule has 0 aliphatic rings. The number of amides is 1. The standard InChI is InChI=1S/C14H19N3O3/c1-14(2,3)20-13(18)16-9-8-17(4)10-6-7-15-12(19-5)11(9)10/h6-8H,1-5H3,(H,16,18). The molecule has 0 aromatic carbocycles. The molecule has 0 radical (unpaired) electrons. The van der Waals surface area contributed by atoms with Crippen molar-refractivity contribution in [3.63, 3.8) is 0 Å². The van der Waals surface area contributed by atoms with E-state index in [1.165, 1.54) is 0 Å². The van der Waals surface area contributed by atoms with Crippen molar-refractivity contribution in [3.8, 4) is 5.88 Å². The highest BCUT2D eigenvalue weighted by Crippen LogP contribution is 2.32. The van der Waals surface area contributed by atoms with E-state index in [-0.39, 0.29) is 0 Å². The smallest absolute Gasteiger partial charge is 0.412 e. The molecule has 0 saturated heterocycles. The zero-order chi connectivity index (χ0) is 14.9. The molecule has 0 atom stereocenters. The Morgan fingerprint density at radius 3 is 2.70 bits per heavy atom. The monoisotopic (exact) mass is 277 g/mol. The van der Waals surface area contributed by atoms with Crippen molar-refractivity contribution in [3.05, 3.63) is 18.5 Å². The molecule has 2 heterocycles. The first-order valence-electron chi connectivity index (χ1n) is 6.30. The first-order valence-corrected chi connectivity index (χ1v) is 6.30. The summed E-state index contributed by atoms with van der Waals surface area (Å²) in [4.78, 5) is 16.0. The number of fused-ring (bicyclic) bond motifs is 1. The molecule has 0 saturated carbocycles. The molecule has 1 amide bonds. The highest BCUT2D eigenvalue weighted by atomic mass is 16.6. The second-order valence-electron chi connectivity index (χ2n) is 5.49. The lowest BCUT2D eigenvalue weighted by Crippen LogP contribution is -2.27. The van der Waals surface area contributed by atoms with Crippen molar-refractivity contribution < 1.29 is 14.3 Å². The van der Waals surface area contributed by atoms with E-state index in [0.29, 0.717) is 11.6 Å². The number of anilines is 1. The largest absolute Gasteiger partial charge is 0.480 e. The average molecular weight is 277 g/mol. The second kappa shape index (κ2) is 5.03. The summed E-state index contributed by atoms with van der Waals surface area (Å²) >= 11 is 0. The predicted octanol–water partition coefficient (Wildman–Crippen LogP) is 2.93. The van der Waals surface area contributed by atoms with E-state index < -0.39 is 11.7 Å². The van der Waals surface area contributed by atoms with Crippen LogP contribution in [0.5, 0.6) is 5.88 Å². The minimum Gasteiger partial charge on any atom is -0.480 e. The number of methoxy groups -OCH3 is 1. The van der Waals surface area contributed by atoms with Gasteiger partial charge in [0.05, 0.1) is 23.7 Å². The normalized spacial score (nSPS) is 11.4. The molecular weight excluding hydrogens is 258 g/mol. The number of carbonyl (C=O) groups is 1. The van der Waals surface area contributed by atoms with Gasteiger partial charge in [-0.25, -0.2) is 9.78 Å². The topological polar surface area (TPSA) is 65.4 Å². The predicted molar refractivity (Wildman–Crippen MR) is 77.1 cm³/mol. The Morgan fingerprint density at radius 1 is 1.40 bits per heavy atom. The van der Waals surface area contributed by atoms with Crippen molar-refractivity contribution >= 4 is 22.7 Å². The van der Waals surface area contributed by atoms with E-state index >= 15 is 0 Å². The van der Waals surface area contributed by atoms with Gasteiger partial charge < -0.3 is 14.0 Å². The van der Waals surface area contributed by atoms with E-state index in [1.807, 2.05) is 38.5 Å². The molecule has 108 valence electrons. The van der Waals surface area contributed by atoms with Crippen LogP contribution in [0.2, 0.25) is 0 Å². The number of hydrogen-bond donors (Lipinski definition) is 1. The van der Waals surface area contributed by atoms with Gasteiger partial charge in [-0.1, -0.05) is 0 Å². The summed E-state index contributed by atoms with van der Waals surface area (Å²) in [5.41, 5.74) is 0.987. The number of aromatic nitrogens is 2. The zero-order valence-electron chi connectivity index (χ0n) is 12.4. The Labute approximate surface area is 117 Å². The zero-order valence-corrected chi connectivity index (χ0v) is 12.4. The van der Waals surface area contributed by atoms with Crippen molar-refractivity contribution in [1.82, 2.24) is 9.55 Å². The maximum absolute atomic E-state index is 11.9. The van der Waals surface area contributed by atoms with Crippen LogP contribution in [-0.2, 0) is 11.8 Å². The molecule has 2 aromatic heterocycles. The van der Waals surface area contributed by atoms with Crippen LogP contribution in [0.15, 0.2) is 18.5 Å². The Hall–Kier alpha value is -2.24. The third kappa shape index (κ3) is 2.84. The van der Waals surface area contributed by atoms with Crippen LogP contribution in [-0.4, -0.2) is 28.4 Å². The van der Waals surface area contributed by atoms with E-state index in [2.05, 4.69) is 10.3 Å². The average Bonchev–Trinajstić information content (AvgIpc) is 2.64. The fraction of sp³-hybridized carbons (Fsp3) is 0.429. The van der Waals surface area contributed by atoms with E-state index in [0.717, 1.165) is 10.9 Å². The lowest BCUT2D eigenvalue weighted by Gasteiger charge is -2.19. The van der Waals surface area contributed by atoms with Crippen LogP contribution in [0.25, 0.3) is 10.9 Å². The summed E-state index contributed by atoms with van der Waals surface area (Å²) in [5, 5.41) is 3.49. The number of hydrogen-bond acceptors (Lipinski definition) is 4. The molecule has 2 rings (SSSR count). The van der Waals surface area contributed by atoms with Crippen molar-refractivity contribution in [2.24, 2.45) is 7.05 Å². The quantitative estimate of drug-likeness (QED) is 0.916. The van der Waals surface area contributed by atoms with E-state index in [9.17, 15) is 4.79 Å². The second-order valence-corrected chi connectivity index (χ2v) is 5.49. The van der Waals surface area contributed by atoms with Crippen LogP contribution < -0.4 is 10.1 Å². The molecule has 0 bridgehead atoms. The minimum atomic E-state index is -0.545. The van der Waals surface area contributed by atoms with Crippen molar-refractivity contribution in [2.45, 2.75) is 26.4 Å². The van der Waals surface area contributed by atoms with Gasteiger partial charge in [-0.15, -0.1) is 0 Å². The highest BCUT2D eigenvalue weighted by molar-refractivity contribution is 6.02. The van der Waals surface area contributed by atoms with Gasteiger partial charge >= 0.3 is 6.09 Å². The van der Waals surface area contributed by atoms with Gasteiger partial charge in [0, 0.05) is 19.4 Å². The number of aryl methyl sites for hydroxylation is 1. The summed E-state index contributed by atoms with van der Waals surface area (Å²) in [6.45, 7) is 5.45. The van der Waals surface area contributed by atoms with Gasteiger partial charge in [0.1, 0.15) is 5.60 Å². The highest BCUT2D eigenvalue weighted by Gasteiger charge is 2.19. The van der Waals surface area contributed by atoms with Crippen LogP contribution in [0.4, 0.5) is 10.5 Å². The van der Waals surface area contributed by atoms with Gasteiger partial charge in [0.2, 0.25) is 5.88 Å². The maximum atomic E-state index is 11.9. The van der Waals surface area contributed by atoms with Gasteiger partial charge in [-0.3, -0.25) is 5.32 Å². The third-order valence-corrected chi connectivity index (χ3v) is 2.70. The summed E-state index contributed by atoms with van der Waals surface area (Å²) in [7, 11) is 3.44. The summed E-state index contributed by atoms with van der Waals surface area (Å²) < 4.78 is 12.4. The molecule has 0 fully saturated rings. The van der Waals surface area contributed by atoms with Gasteiger partial charge in [-0.05, 0) is 26.8 Å². The lowest BCUT2D eigenvalue weighted by atomic mass is 10.2. The fourth-order valence-corrected chi connectivity index (χ4v) is 1.97. The summed E-state index contributed by atoms with van der Waals surface area (Å²) in [5.74, 6) is 0.467. The Balaban J connectivity index is 2.38. The number of ether oxygens (including phenoxy) is 2. The number of nitrogens with zero attached hydrogens (tertiary/aromatic N) is 2. The molecule has 0 aliphatic heterocycles. The number of carbonyl (C=O) groups excluding carboxylic acids is 1. The van der Waals surface area contributed by atoms with E-state index in [1.54, 1.807) is 19.5 Å².